The molecule has 0 radical (unpaired) electrons. The lowest BCUT2D eigenvalue weighted by molar-refractivity contribution is -0.144. The fourth-order valence-electron chi connectivity index (χ4n) is 7.46. The number of hydrogen-bond donors (Lipinski definition) is 4. The van der Waals surface area contributed by atoms with E-state index in [0.717, 1.165) is 24.0 Å². The predicted molar refractivity (Wildman–Crippen MR) is 200 cm³/mol. The van der Waals surface area contributed by atoms with Crippen LogP contribution in [0.1, 0.15) is 78.4 Å². The van der Waals surface area contributed by atoms with Gasteiger partial charge in [0.2, 0.25) is 27.6 Å². The quantitative estimate of drug-likeness (QED) is 0.132. The third-order valence-corrected chi connectivity index (χ3v) is 12.7. The maximum absolute atomic E-state index is 14.7. The minimum atomic E-state index is -3.52. The molecule has 4 rings (SSSR count). The zero-order valence-corrected chi connectivity index (χ0v) is 32.4. The summed E-state index contributed by atoms with van der Waals surface area (Å²) in [7, 11) is -3.52. The Hall–Kier alpha value is -3.78. The maximum atomic E-state index is 14.7. The van der Waals surface area contributed by atoms with E-state index in [2.05, 4.69) is 27.8 Å². The number of likely N-dealkylation sites (tertiary alicyclic amines) is 1. The number of likely N-dealkylation sites (N-methyl/N-ethyl adjacent to an activating group) is 1. The molecule has 1 aliphatic heterocycles. The Morgan fingerprint density at radius 3 is 2.23 bits per heavy atom. The first-order valence-electron chi connectivity index (χ1n) is 18.7. The van der Waals surface area contributed by atoms with Crippen molar-refractivity contribution < 1.29 is 32.4 Å². The van der Waals surface area contributed by atoms with Gasteiger partial charge in [-0.15, -0.1) is 6.58 Å². The lowest BCUT2D eigenvalue weighted by Gasteiger charge is -2.37. The third kappa shape index (κ3) is 9.80. The van der Waals surface area contributed by atoms with Gasteiger partial charge in [0.25, 0.3) is 5.91 Å². The number of rotatable bonds is 18. The molecule has 0 spiro atoms. The van der Waals surface area contributed by atoms with Gasteiger partial charge < -0.3 is 26.2 Å². The summed E-state index contributed by atoms with van der Waals surface area (Å²) < 4.78 is 27.0. The highest BCUT2D eigenvalue weighted by Gasteiger charge is 2.58. The Bertz CT molecular complexity index is 1580. The lowest BCUT2D eigenvalue weighted by atomic mass is 9.86. The van der Waals surface area contributed by atoms with Crippen molar-refractivity contribution in [3.05, 3.63) is 48.0 Å². The largest absolute Gasteiger partial charge is 0.346 e. The number of fused-ring (bicyclic) bond motifs is 2. The molecule has 1 saturated carbocycles. The number of hydrogen-bond acceptors (Lipinski definition) is 7. The third-order valence-electron chi connectivity index (χ3n) is 10.8. The molecule has 4 N–H and O–H groups in total. The van der Waals surface area contributed by atoms with Gasteiger partial charge in [0.1, 0.15) is 12.1 Å². The van der Waals surface area contributed by atoms with Gasteiger partial charge in [0, 0.05) is 32.2 Å². The SMILES string of the molecule is C=CCNC(=O)C(=O)C(CCCC)NC(=O)[C@@H]1[C@H]2C[C@H]2CN1C(=O)[C@@H](NC(=O)N[C@H](CN(CC)S(=O)(=O)CC)C(C)(C)C)C1Cc2ccccc2C1. The molecule has 6 atom stereocenters. The normalized spacial score (nSPS) is 21.4. The van der Waals surface area contributed by atoms with Gasteiger partial charge in [-0.2, -0.15) is 0 Å². The molecule has 5 amide bonds. The number of sulfonamides is 1. The Kier molecular flexibility index (Phi) is 13.7. The summed E-state index contributed by atoms with van der Waals surface area (Å²) in [4.78, 5) is 69.8. The predicted octanol–water partition coefficient (Wildman–Crippen LogP) is 2.55. The standard InChI is InChI=1S/C38H58N6O7S/c1-8-12-17-29(33(45)35(47)39-18-9-2)40-34(46)32-28-21-27(28)22-44(32)36(48)31(26-19-24-15-13-14-16-25(24)20-26)42-37(49)41-30(38(5,6)7)23-43(10-3)52(50,51)11-4/h9,13-16,26-32H,2,8,10-12,17-23H2,1,3-7H3,(H,39,47)(H,40,46)(H2,41,42,49)/t27-,28-,29?,30+,31-,32-/m0/s1. The van der Waals surface area contributed by atoms with Crippen molar-refractivity contribution in [2.45, 2.75) is 104 Å². The van der Waals surface area contributed by atoms with Crippen LogP contribution in [0.25, 0.3) is 0 Å². The summed E-state index contributed by atoms with van der Waals surface area (Å²) >= 11 is 0. The number of benzene rings is 1. The van der Waals surface area contributed by atoms with Crippen molar-refractivity contribution in [1.29, 1.82) is 0 Å². The fraction of sp³-hybridized carbons (Fsp3) is 0.658. The molecule has 0 bridgehead atoms. The van der Waals surface area contributed by atoms with Crippen molar-refractivity contribution in [3.63, 3.8) is 0 Å². The summed E-state index contributed by atoms with van der Waals surface area (Å²) in [5.41, 5.74) is 1.66. The van der Waals surface area contributed by atoms with Crippen molar-refractivity contribution in [1.82, 2.24) is 30.5 Å². The average molecular weight is 743 g/mol. The molecule has 3 aliphatic rings. The van der Waals surface area contributed by atoms with Crippen LogP contribution < -0.4 is 21.3 Å². The molecule has 14 heteroatoms. The number of Topliss-reactive ketones (excluding diaryl/α,β-unsaturated/α-hetero) is 1. The van der Waals surface area contributed by atoms with Gasteiger partial charge >= 0.3 is 6.03 Å². The molecule has 2 aliphatic carbocycles. The number of piperidine rings is 1. The van der Waals surface area contributed by atoms with Crippen molar-refractivity contribution >= 4 is 39.6 Å². The Morgan fingerprint density at radius 2 is 1.67 bits per heavy atom. The van der Waals surface area contributed by atoms with Crippen LogP contribution in [-0.2, 0) is 42.0 Å². The minimum Gasteiger partial charge on any atom is -0.346 e. The fourth-order valence-corrected chi connectivity index (χ4v) is 8.60. The zero-order chi connectivity index (χ0) is 38.4. The molecule has 13 nitrogen and oxygen atoms in total. The topological polar surface area (TPSA) is 174 Å². The van der Waals surface area contributed by atoms with E-state index < -0.39 is 63.2 Å². The second kappa shape index (κ2) is 17.4. The molecule has 1 aromatic rings. The Labute approximate surface area is 309 Å². The van der Waals surface area contributed by atoms with Crippen LogP contribution in [0.4, 0.5) is 4.79 Å². The van der Waals surface area contributed by atoms with Crippen LogP contribution in [0, 0.1) is 23.2 Å². The highest BCUT2D eigenvalue weighted by atomic mass is 32.2. The van der Waals surface area contributed by atoms with E-state index in [1.165, 1.54) is 10.4 Å². The molecule has 1 saturated heterocycles. The number of unbranched alkanes of at least 4 members (excludes halogenated alkanes) is 1. The molecule has 288 valence electrons. The molecule has 1 heterocycles. The van der Waals surface area contributed by atoms with E-state index in [1.54, 1.807) is 18.7 Å². The summed E-state index contributed by atoms with van der Waals surface area (Å²) in [6.45, 7) is 15.4. The van der Waals surface area contributed by atoms with Gasteiger partial charge in [-0.05, 0) is 66.9 Å². The number of nitrogens with zero attached hydrogens (tertiary/aromatic N) is 2. The molecular weight excluding hydrogens is 685 g/mol. The number of urea groups is 1. The summed E-state index contributed by atoms with van der Waals surface area (Å²) in [5, 5.41) is 11.3. The zero-order valence-electron chi connectivity index (χ0n) is 31.6. The molecule has 0 aromatic heterocycles. The van der Waals surface area contributed by atoms with E-state index in [1.807, 2.05) is 52.0 Å². The van der Waals surface area contributed by atoms with Gasteiger partial charge in [0.05, 0.1) is 11.8 Å². The first-order chi connectivity index (χ1) is 24.6. The first-order valence-corrected chi connectivity index (χ1v) is 20.3. The minimum absolute atomic E-state index is 0.0642. The van der Waals surface area contributed by atoms with Gasteiger partial charge in [-0.25, -0.2) is 17.5 Å². The van der Waals surface area contributed by atoms with Crippen molar-refractivity contribution in [2.75, 3.05) is 31.9 Å². The molecule has 1 aromatic carbocycles. The average Bonchev–Trinajstić information content (AvgIpc) is 3.55. The second-order valence-electron chi connectivity index (χ2n) is 15.5. The van der Waals surface area contributed by atoms with Crippen LogP contribution >= 0.6 is 0 Å². The number of nitrogens with one attached hydrogen (secondary N) is 4. The van der Waals surface area contributed by atoms with Crippen LogP contribution in [0.2, 0.25) is 0 Å². The van der Waals surface area contributed by atoms with Gasteiger partial charge in [-0.1, -0.05) is 77.8 Å². The van der Waals surface area contributed by atoms with Gasteiger partial charge in [-0.3, -0.25) is 19.2 Å². The van der Waals surface area contributed by atoms with E-state index in [0.29, 0.717) is 25.8 Å². The Morgan fingerprint density at radius 1 is 1.02 bits per heavy atom. The van der Waals surface area contributed by atoms with Crippen LogP contribution in [-0.4, -0.2) is 103 Å². The van der Waals surface area contributed by atoms with Crippen LogP contribution in [0.3, 0.4) is 0 Å². The molecule has 1 unspecified atom stereocenters. The highest BCUT2D eigenvalue weighted by molar-refractivity contribution is 7.89. The lowest BCUT2D eigenvalue weighted by Crippen LogP contribution is -2.61. The number of ketones is 1. The number of carbonyl (C=O) groups is 5. The van der Waals surface area contributed by atoms with E-state index in [4.69, 9.17) is 0 Å². The summed E-state index contributed by atoms with van der Waals surface area (Å²) in [6, 6.07) is 3.87. The first kappa shape index (κ1) is 41.0. The maximum Gasteiger partial charge on any atom is 0.315 e. The molecule has 52 heavy (non-hydrogen) atoms. The monoisotopic (exact) mass is 742 g/mol. The smallest absolute Gasteiger partial charge is 0.315 e. The number of amides is 5. The Balaban J connectivity index is 1.58. The van der Waals surface area contributed by atoms with Crippen molar-refractivity contribution in [3.8, 4) is 0 Å². The van der Waals surface area contributed by atoms with Crippen molar-refractivity contribution in [2.24, 2.45) is 23.2 Å². The van der Waals surface area contributed by atoms with Crippen LogP contribution in [0.5, 0.6) is 0 Å². The summed E-state index contributed by atoms with van der Waals surface area (Å²) in [6.07, 6.45) is 5.00. The highest BCUT2D eigenvalue weighted by Crippen LogP contribution is 2.50. The molecular formula is C38H58N6O7S. The number of carbonyl (C=O) groups excluding carboxylic acids is 5. The van der Waals surface area contributed by atoms with E-state index in [-0.39, 0.29) is 55.5 Å². The van der Waals surface area contributed by atoms with E-state index in [9.17, 15) is 32.4 Å². The summed E-state index contributed by atoms with van der Waals surface area (Å²) in [5.74, 6) is -2.71. The van der Waals surface area contributed by atoms with Gasteiger partial charge in [0.15, 0.2) is 0 Å². The second-order valence-corrected chi connectivity index (χ2v) is 17.7. The van der Waals surface area contributed by atoms with Crippen LogP contribution in [0.15, 0.2) is 36.9 Å². The molecule has 2 fully saturated rings. The van der Waals surface area contributed by atoms with E-state index >= 15 is 0 Å².